The monoisotopic (exact) mass is 270 g/mol. The van der Waals surface area contributed by atoms with Gasteiger partial charge in [0.25, 0.3) is 0 Å². The first kappa shape index (κ1) is 15.4. The first-order chi connectivity index (χ1) is 8.68. The number of benzene rings is 1. The minimum atomic E-state index is -4.49. The van der Waals surface area contributed by atoms with Gasteiger partial charge in [-0.15, -0.1) is 0 Å². The summed E-state index contributed by atoms with van der Waals surface area (Å²) in [5.74, 6) is 0.359. The van der Waals surface area contributed by atoms with E-state index in [1.165, 1.54) is 12.1 Å². The molecule has 0 fully saturated rings. The summed E-state index contributed by atoms with van der Waals surface area (Å²) in [4.78, 5) is 1.88. The van der Waals surface area contributed by atoms with Crippen LogP contribution in [0.4, 0.5) is 18.9 Å². The maximum absolute atomic E-state index is 12.7. The lowest BCUT2D eigenvalue weighted by Gasteiger charge is -2.30. The second-order valence-corrected chi connectivity index (χ2v) is 4.93. The van der Waals surface area contributed by atoms with Gasteiger partial charge in [-0.3, -0.25) is 0 Å². The summed E-state index contributed by atoms with van der Waals surface area (Å²) in [6.07, 6.45) is -4.49. The van der Waals surface area contributed by atoms with Gasteiger partial charge in [0.2, 0.25) is 0 Å². The molecule has 0 saturated heterocycles. The van der Waals surface area contributed by atoms with Crippen molar-refractivity contribution in [2.75, 3.05) is 11.9 Å². The van der Waals surface area contributed by atoms with Crippen molar-refractivity contribution < 1.29 is 13.2 Å². The van der Waals surface area contributed by atoms with Crippen molar-refractivity contribution in [3.8, 4) is 6.07 Å². The predicted octanol–water partition coefficient (Wildman–Crippen LogP) is 4.06. The van der Waals surface area contributed by atoms with Gasteiger partial charge in [0.15, 0.2) is 0 Å². The molecule has 5 heteroatoms. The Hall–Kier alpha value is -1.70. The van der Waals surface area contributed by atoms with E-state index >= 15 is 0 Å². The van der Waals surface area contributed by atoms with Gasteiger partial charge in [0.05, 0.1) is 17.2 Å². The van der Waals surface area contributed by atoms with E-state index in [0.717, 1.165) is 6.07 Å². The van der Waals surface area contributed by atoms with Crippen molar-refractivity contribution in [1.29, 1.82) is 5.26 Å². The van der Waals surface area contributed by atoms with E-state index < -0.39 is 11.7 Å². The second-order valence-electron chi connectivity index (χ2n) is 4.93. The maximum Gasteiger partial charge on any atom is 0.417 e. The highest BCUT2D eigenvalue weighted by Gasteiger charge is 2.33. The zero-order valence-electron chi connectivity index (χ0n) is 11.4. The fraction of sp³-hybridized carbons (Fsp3) is 0.500. The van der Waals surface area contributed by atoms with Gasteiger partial charge >= 0.3 is 6.18 Å². The number of anilines is 1. The van der Waals surface area contributed by atoms with Crippen molar-refractivity contribution in [1.82, 2.24) is 0 Å². The van der Waals surface area contributed by atoms with Gasteiger partial charge in [-0.1, -0.05) is 13.8 Å². The Kier molecular flexibility index (Phi) is 4.46. The lowest BCUT2D eigenvalue weighted by atomic mass is 10.0. The summed E-state index contributed by atoms with van der Waals surface area (Å²) in [5, 5.41) is 8.87. The van der Waals surface area contributed by atoms with E-state index in [-0.39, 0.29) is 11.6 Å². The van der Waals surface area contributed by atoms with E-state index in [2.05, 4.69) is 0 Å². The van der Waals surface area contributed by atoms with Crippen molar-refractivity contribution in [2.45, 2.75) is 33.0 Å². The summed E-state index contributed by atoms with van der Waals surface area (Å²) in [5.41, 5.74) is -0.608. The number of rotatable bonds is 3. The fourth-order valence-electron chi connectivity index (χ4n) is 1.77. The molecule has 0 radical (unpaired) electrons. The lowest BCUT2D eigenvalue weighted by molar-refractivity contribution is -0.137. The Morgan fingerprint density at radius 2 is 1.79 bits per heavy atom. The summed E-state index contributed by atoms with van der Waals surface area (Å²) < 4.78 is 38.1. The molecule has 0 aliphatic carbocycles. The molecule has 1 aromatic rings. The summed E-state index contributed by atoms with van der Waals surface area (Å²) in [6, 6.07) is 5.46. The van der Waals surface area contributed by atoms with Crippen molar-refractivity contribution >= 4 is 5.69 Å². The smallest absolute Gasteiger partial charge is 0.372 e. The van der Waals surface area contributed by atoms with Crippen LogP contribution in [0.2, 0.25) is 0 Å². The van der Waals surface area contributed by atoms with E-state index in [1.54, 1.807) is 6.07 Å². The highest BCUT2D eigenvalue weighted by molar-refractivity contribution is 5.55. The minimum Gasteiger partial charge on any atom is -0.372 e. The van der Waals surface area contributed by atoms with Gasteiger partial charge in [-0.2, -0.15) is 18.4 Å². The van der Waals surface area contributed by atoms with Crippen LogP contribution in [0.3, 0.4) is 0 Å². The molecule has 0 aromatic heterocycles. The zero-order chi connectivity index (χ0) is 14.8. The highest BCUT2D eigenvalue weighted by atomic mass is 19.4. The van der Waals surface area contributed by atoms with E-state index in [4.69, 9.17) is 5.26 Å². The molecule has 1 rings (SSSR count). The average Bonchev–Trinajstić information content (AvgIpc) is 2.34. The molecule has 0 heterocycles. The van der Waals surface area contributed by atoms with Gasteiger partial charge < -0.3 is 4.90 Å². The lowest BCUT2D eigenvalue weighted by Crippen LogP contribution is -2.33. The van der Waals surface area contributed by atoms with Crippen LogP contribution < -0.4 is 4.90 Å². The third-order valence-electron chi connectivity index (χ3n) is 3.41. The van der Waals surface area contributed by atoms with Crippen LogP contribution in [0, 0.1) is 17.2 Å². The second kappa shape index (κ2) is 5.52. The standard InChI is InChI=1S/C14H17F3N2/c1-9(2)10(3)19(4)12-5-6-13(14(15,16)17)11(7-12)8-18/h5-7,9-10H,1-4H3. The number of halogens is 3. The first-order valence-corrected chi connectivity index (χ1v) is 6.02. The molecule has 0 aliphatic heterocycles. The van der Waals surface area contributed by atoms with Crippen LogP contribution in [-0.2, 0) is 6.18 Å². The molecule has 1 unspecified atom stereocenters. The van der Waals surface area contributed by atoms with Crippen LogP contribution in [0.15, 0.2) is 18.2 Å². The third-order valence-corrected chi connectivity index (χ3v) is 3.41. The first-order valence-electron chi connectivity index (χ1n) is 6.02. The molecule has 19 heavy (non-hydrogen) atoms. The van der Waals surface area contributed by atoms with Crippen LogP contribution in [-0.4, -0.2) is 13.1 Å². The number of nitrogens with zero attached hydrogens (tertiary/aromatic N) is 2. The Morgan fingerprint density at radius 1 is 1.21 bits per heavy atom. The van der Waals surface area contributed by atoms with Crippen molar-refractivity contribution in [3.63, 3.8) is 0 Å². The van der Waals surface area contributed by atoms with Crippen molar-refractivity contribution in [3.05, 3.63) is 29.3 Å². The molecule has 104 valence electrons. The summed E-state index contributed by atoms with van der Waals surface area (Å²) in [7, 11) is 1.81. The Labute approximate surface area is 111 Å². The molecular formula is C14H17F3N2. The van der Waals surface area contributed by atoms with E-state index in [9.17, 15) is 13.2 Å². The molecule has 0 bridgehead atoms. The molecule has 1 aromatic carbocycles. The summed E-state index contributed by atoms with van der Waals surface area (Å²) >= 11 is 0. The van der Waals surface area contributed by atoms with Crippen LogP contribution in [0.1, 0.15) is 31.9 Å². The molecule has 0 aliphatic rings. The Morgan fingerprint density at radius 3 is 2.21 bits per heavy atom. The quantitative estimate of drug-likeness (QED) is 0.828. The number of nitriles is 1. The fourth-order valence-corrected chi connectivity index (χ4v) is 1.77. The number of hydrogen-bond donors (Lipinski definition) is 0. The molecule has 0 N–H and O–H groups in total. The largest absolute Gasteiger partial charge is 0.417 e. The topological polar surface area (TPSA) is 27.0 Å². The third kappa shape index (κ3) is 3.40. The molecule has 0 amide bonds. The van der Waals surface area contributed by atoms with Gasteiger partial charge in [0.1, 0.15) is 0 Å². The number of alkyl halides is 3. The Balaban J connectivity index is 3.18. The predicted molar refractivity (Wildman–Crippen MR) is 68.9 cm³/mol. The molecule has 2 nitrogen and oxygen atoms in total. The molecule has 1 atom stereocenters. The van der Waals surface area contributed by atoms with E-state index in [0.29, 0.717) is 11.6 Å². The molecule has 0 spiro atoms. The van der Waals surface area contributed by atoms with Gasteiger partial charge in [-0.05, 0) is 31.0 Å². The van der Waals surface area contributed by atoms with Gasteiger partial charge in [-0.25, -0.2) is 0 Å². The van der Waals surface area contributed by atoms with Crippen LogP contribution in [0.5, 0.6) is 0 Å². The van der Waals surface area contributed by atoms with Gasteiger partial charge in [0, 0.05) is 18.8 Å². The molecular weight excluding hydrogens is 253 g/mol. The maximum atomic E-state index is 12.7. The molecule has 0 saturated carbocycles. The minimum absolute atomic E-state index is 0.170. The van der Waals surface area contributed by atoms with Crippen LogP contribution >= 0.6 is 0 Å². The Bertz CT molecular complexity index is 486. The normalized spacial score (nSPS) is 13.2. The SMILES string of the molecule is CC(C)C(C)N(C)c1ccc(C(F)(F)F)c(C#N)c1. The summed E-state index contributed by atoms with van der Waals surface area (Å²) in [6.45, 7) is 6.07. The average molecular weight is 270 g/mol. The van der Waals surface area contributed by atoms with E-state index in [1.807, 2.05) is 32.7 Å². The highest BCUT2D eigenvalue weighted by Crippen LogP contribution is 2.34. The number of hydrogen-bond acceptors (Lipinski definition) is 2. The van der Waals surface area contributed by atoms with Crippen LogP contribution in [0.25, 0.3) is 0 Å². The van der Waals surface area contributed by atoms with Crippen molar-refractivity contribution in [2.24, 2.45) is 5.92 Å². The zero-order valence-corrected chi connectivity index (χ0v) is 11.4.